The molecule has 1 fully saturated rings. The number of halogens is 3. The quantitative estimate of drug-likeness (QED) is 0.691. The fraction of sp³-hybridized carbons (Fsp3) is 0.421. The summed E-state index contributed by atoms with van der Waals surface area (Å²) in [5.74, 6) is 0.141. The van der Waals surface area contributed by atoms with Crippen LogP contribution in [0, 0.1) is 0 Å². The van der Waals surface area contributed by atoms with Gasteiger partial charge in [0.1, 0.15) is 5.52 Å². The monoisotopic (exact) mass is 420 g/mol. The molecule has 11 heteroatoms. The number of hydrogen-bond donors (Lipinski definition) is 1. The van der Waals surface area contributed by atoms with Gasteiger partial charge in [-0.3, -0.25) is 14.3 Å². The number of nitrogens with zero attached hydrogens (tertiary/aromatic N) is 5. The molecule has 3 aromatic heterocycles. The zero-order valence-electron chi connectivity index (χ0n) is 16.1. The average Bonchev–Trinajstić information content (AvgIpc) is 2.75. The molecule has 0 saturated carbocycles. The maximum Gasteiger partial charge on any atom is 0.435 e. The molecule has 8 nitrogen and oxygen atoms in total. The van der Waals surface area contributed by atoms with Gasteiger partial charge in [-0.25, -0.2) is 9.97 Å². The van der Waals surface area contributed by atoms with E-state index < -0.39 is 24.0 Å². The summed E-state index contributed by atoms with van der Waals surface area (Å²) in [6.07, 6.45) is 0.362. The number of methoxy groups -OCH3 is 1. The normalized spacial score (nSPS) is 15.5. The van der Waals surface area contributed by atoms with Crippen molar-refractivity contribution in [1.29, 1.82) is 0 Å². The average molecular weight is 420 g/mol. The second-order valence-electron chi connectivity index (χ2n) is 6.99. The first kappa shape index (κ1) is 20.2. The summed E-state index contributed by atoms with van der Waals surface area (Å²) in [6.45, 7) is 1.09. The molecule has 4 heterocycles. The second-order valence-corrected chi connectivity index (χ2v) is 6.99. The predicted molar refractivity (Wildman–Crippen MR) is 101 cm³/mol. The summed E-state index contributed by atoms with van der Waals surface area (Å²) in [7, 11) is 1.39. The van der Waals surface area contributed by atoms with Gasteiger partial charge in [-0.05, 0) is 37.9 Å². The number of hydrogen-bond acceptors (Lipinski definition) is 7. The van der Waals surface area contributed by atoms with Crippen molar-refractivity contribution in [1.82, 2.24) is 29.8 Å². The van der Waals surface area contributed by atoms with Gasteiger partial charge < -0.3 is 10.1 Å². The lowest BCUT2D eigenvalue weighted by atomic mass is 9.91. The van der Waals surface area contributed by atoms with Crippen LogP contribution in [0.4, 0.5) is 13.2 Å². The Labute approximate surface area is 169 Å². The van der Waals surface area contributed by atoms with E-state index in [9.17, 15) is 18.0 Å². The van der Waals surface area contributed by atoms with Gasteiger partial charge in [0, 0.05) is 18.0 Å². The number of alkyl halides is 3. The van der Waals surface area contributed by atoms with Crippen molar-refractivity contribution >= 4 is 11.2 Å². The van der Waals surface area contributed by atoms with Gasteiger partial charge in [0.25, 0.3) is 5.56 Å². The topological polar surface area (TPSA) is 94.8 Å². The first-order valence-corrected chi connectivity index (χ1v) is 9.40. The van der Waals surface area contributed by atoms with Gasteiger partial charge in [0.15, 0.2) is 11.3 Å². The Morgan fingerprint density at radius 2 is 1.93 bits per heavy atom. The van der Waals surface area contributed by atoms with Crippen LogP contribution in [0.15, 0.2) is 29.5 Å². The van der Waals surface area contributed by atoms with Gasteiger partial charge in [0.05, 0.1) is 25.5 Å². The van der Waals surface area contributed by atoms with Crippen molar-refractivity contribution in [3.05, 3.63) is 52.0 Å². The Morgan fingerprint density at radius 1 is 1.20 bits per heavy atom. The van der Waals surface area contributed by atoms with Crippen LogP contribution < -0.4 is 15.6 Å². The van der Waals surface area contributed by atoms with E-state index in [1.165, 1.54) is 24.1 Å². The van der Waals surface area contributed by atoms with Gasteiger partial charge >= 0.3 is 6.18 Å². The van der Waals surface area contributed by atoms with Crippen LogP contribution in [0.5, 0.6) is 5.88 Å². The predicted octanol–water partition coefficient (Wildman–Crippen LogP) is 2.12. The molecule has 158 valence electrons. The fourth-order valence-corrected chi connectivity index (χ4v) is 3.67. The third-order valence-electron chi connectivity index (χ3n) is 5.14. The maximum absolute atomic E-state index is 13.4. The number of pyridine rings is 1. The Bertz CT molecular complexity index is 1130. The van der Waals surface area contributed by atoms with E-state index in [1.807, 2.05) is 0 Å². The van der Waals surface area contributed by atoms with E-state index in [1.54, 1.807) is 6.07 Å². The van der Waals surface area contributed by atoms with Crippen LogP contribution in [-0.4, -0.2) is 44.7 Å². The molecule has 30 heavy (non-hydrogen) atoms. The molecule has 1 saturated heterocycles. The highest BCUT2D eigenvalue weighted by molar-refractivity contribution is 5.71. The lowest BCUT2D eigenvalue weighted by Crippen LogP contribution is -2.33. The molecular formula is C19H19F3N6O2. The molecule has 3 aromatic rings. The molecule has 0 atom stereocenters. The summed E-state index contributed by atoms with van der Waals surface area (Å²) in [4.78, 5) is 29.2. The third-order valence-corrected chi connectivity index (χ3v) is 5.14. The van der Waals surface area contributed by atoms with Crippen molar-refractivity contribution in [3.63, 3.8) is 0 Å². The highest BCUT2D eigenvalue weighted by Gasteiger charge is 2.36. The zero-order valence-corrected chi connectivity index (χ0v) is 16.1. The number of aromatic nitrogens is 5. The molecule has 0 spiro atoms. The van der Waals surface area contributed by atoms with Crippen molar-refractivity contribution < 1.29 is 17.9 Å². The zero-order chi connectivity index (χ0) is 21.3. The van der Waals surface area contributed by atoms with Gasteiger partial charge in [-0.15, -0.1) is 0 Å². The first-order chi connectivity index (χ1) is 14.4. The van der Waals surface area contributed by atoms with Crippen LogP contribution in [0.25, 0.3) is 11.2 Å². The van der Waals surface area contributed by atoms with Gasteiger partial charge in [-0.2, -0.15) is 18.2 Å². The summed E-state index contributed by atoms with van der Waals surface area (Å²) < 4.78 is 46.5. The molecule has 1 N–H and O–H groups in total. The van der Waals surface area contributed by atoms with Crippen molar-refractivity contribution in [2.24, 2.45) is 0 Å². The SMILES string of the molecule is COc1cnc2cc(C3CCNCC3)c(=O)n(Cc3nccnc3C(F)(F)F)c2n1. The molecule has 0 bridgehead atoms. The van der Waals surface area contributed by atoms with E-state index >= 15 is 0 Å². The Morgan fingerprint density at radius 3 is 2.63 bits per heavy atom. The molecule has 4 rings (SSSR count). The summed E-state index contributed by atoms with van der Waals surface area (Å²) in [5.41, 5.74) is -0.845. The second kappa shape index (κ2) is 7.98. The minimum atomic E-state index is -4.70. The van der Waals surface area contributed by atoms with E-state index in [0.717, 1.165) is 32.1 Å². The standard InChI is InChI=1S/C19H19F3N6O2/c1-30-15-9-26-13-8-12(11-2-4-23-5-3-11)18(29)28(17(13)27-15)10-14-16(19(20,21)22)25-7-6-24-14/h6-9,11,23H,2-5,10H2,1H3. The van der Waals surface area contributed by atoms with Crippen LogP contribution in [0.2, 0.25) is 0 Å². The number of fused-ring (bicyclic) bond motifs is 1. The summed E-state index contributed by atoms with van der Waals surface area (Å²) in [6, 6.07) is 1.68. The van der Waals surface area contributed by atoms with E-state index in [2.05, 4.69) is 25.3 Å². The van der Waals surface area contributed by atoms with E-state index in [0.29, 0.717) is 11.1 Å². The third kappa shape index (κ3) is 3.84. The van der Waals surface area contributed by atoms with E-state index in [4.69, 9.17) is 4.74 Å². The van der Waals surface area contributed by atoms with Crippen LogP contribution in [0.1, 0.15) is 35.7 Å². The van der Waals surface area contributed by atoms with Crippen LogP contribution in [0.3, 0.4) is 0 Å². The lowest BCUT2D eigenvalue weighted by molar-refractivity contribution is -0.142. The highest BCUT2D eigenvalue weighted by atomic mass is 19.4. The molecule has 0 radical (unpaired) electrons. The molecule has 1 aliphatic rings. The molecular weight excluding hydrogens is 401 g/mol. The minimum Gasteiger partial charge on any atom is -0.480 e. The Balaban J connectivity index is 1.91. The van der Waals surface area contributed by atoms with Crippen molar-refractivity contribution in [2.45, 2.75) is 31.5 Å². The molecule has 0 unspecified atom stereocenters. The lowest BCUT2D eigenvalue weighted by Gasteiger charge is -2.23. The number of ether oxygens (including phenoxy) is 1. The minimum absolute atomic E-state index is 0.0118. The van der Waals surface area contributed by atoms with Gasteiger partial charge in [-0.1, -0.05) is 0 Å². The largest absolute Gasteiger partial charge is 0.480 e. The van der Waals surface area contributed by atoms with E-state index in [-0.39, 0.29) is 23.1 Å². The first-order valence-electron chi connectivity index (χ1n) is 9.40. The van der Waals surface area contributed by atoms with Crippen molar-refractivity contribution in [3.8, 4) is 5.88 Å². The van der Waals surface area contributed by atoms with Crippen LogP contribution >= 0.6 is 0 Å². The number of piperidine rings is 1. The molecule has 0 aromatic carbocycles. The Hall–Kier alpha value is -3.08. The molecule has 0 amide bonds. The van der Waals surface area contributed by atoms with Crippen LogP contribution in [-0.2, 0) is 12.7 Å². The fourth-order valence-electron chi connectivity index (χ4n) is 3.67. The smallest absolute Gasteiger partial charge is 0.435 e. The number of nitrogens with one attached hydrogen (secondary N) is 1. The maximum atomic E-state index is 13.4. The van der Waals surface area contributed by atoms with Crippen molar-refractivity contribution in [2.75, 3.05) is 20.2 Å². The summed E-state index contributed by atoms with van der Waals surface area (Å²) >= 11 is 0. The Kier molecular flexibility index (Phi) is 5.37. The highest BCUT2D eigenvalue weighted by Crippen LogP contribution is 2.30. The number of rotatable bonds is 4. The van der Waals surface area contributed by atoms with Gasteiger partial charge in [0.2, 0.25) is 5.88 Å². The molecule has 1 aliphatic heterocycles. The molecule has 0 aliphatic carbocycles. The summed E-state index contributed by atoms with van der Waals surface area (Å²) in [5, 5.41) is 3.24.